The summed E-state index contributed by atoms with van der Waals surface area (Å²) in [4.78, 5) is 13.4. The summed E-state index contributed by atoms with van der Waals surface area (Å²) in [5.41, 5.74) is 2.16. The van der Waals surface area contributed by atoms with Crippen LogP contribution in [0.4, 0.5) is 4.39 Å². The Morgan fingerprint density at radius 1 is 0.885 bits per heavy atom. The van der Waals surface area contributed by atoms with Gasteiger partial charge in [0.2, 0.25) is 11.5 Å². The fourth-order valence-corrected chi connectivity index (χ4v) is 3.48. The predicted octanol–water partition coefficient (Wildman–Crippen LogP) is 4.81. The molecule has 1 aromatic heterocycles. The molecular weight excluding hydrogens is 355 g/mol. The Bertz CT molecular complexity index is 906. The number of carbonyl (C=O) groups excluding carboxylic acids is 1. The first-order valence-electron chi connectivity index (χ1n) is 7.76. The van der Waals surface area contributed by atoms with E-state index in [-0.39, 0.29) is 11.6 Å². The minimum Gasteiger partial charge on any atom is -0.493 e. The van der Waals surface area contributed by atoms with Crippen molar-refractivity contribution < 1.29 is 23.4 Å². The van der Waals surface area contributed by atoms with E-state index in [1.165, 1.54) is 44.8 Å². The maximum Gasteiger partial charge on any atom is 0.203 e. The van der Waals surface area contributed by atoms with Crippen molar-refractivity contribution in [1.82, 2.24) is 0 Å². The van der Waals surface area contributed by atoms with E-state index in [1.54, 1.807) is 30.3 Å². The van der Waals surface area contributed by atoms with Crippen molar-refractivity contribution in [3.8, 4) is 28.4 Å². The standard InChI is InChI=1S/C20H17FO4S/c1-23-16-8-13(9-17(24-2)20(16)25-3)19(22)18-10-14(11-26-18)12-4-6-15(21)7-5-12/h4-11H,1-3H3. The number of carbonyl (C=O) groups is 1. The van der Waals surface area contributed by atoms with Crippen LogP contribution < -0.4 is 14.2 Å². The van der Waals surface area contributed by atoms with Gasteiger partial charge in [0.1, 0.15) is 5.82 Å². The molecule has 0 fully saturated rings. The fourth-order valence-electron chi connectivity index (χ4n) is 2.60. The number of methoxy groups -OCH3 is 3. The Labute approximate surface area is 154 Å². The first-order valence-corrected chi connectivity index (χ1v) is 8.64. The van der Waals surface area contributed by atoms with Crippen molar-refractivity contribution in [2.24, 2.45) is 0 Å². The summed E-state index contributed by atoms with van der Waals surface area (Å²) >= 11 is 1.33. The van der Waals surface area contributed by atoms with E-state index in [1.807, 2.05) is 5.38 Å². The number of benzene rings is 2. The highest BCUT2D eigenvalue weighted by atomic mass is 32.1. The molecule has 0 spiro atoms. The number of halogens is 1. The second-order valence-corrected chi connectivity index (χ2v) is 6.36. The summed E-state index contributed by atoms with van der Waals surface area (Å²) < 4.78 is 29.0. The topological polar surface area (TPSA) is 44.8 Å². The Balaban J connectivity index is 1.96. The molecule has 0 saturated carbocycles. The fraction of sp³-hybridized carbons (Fsp3) is 0.150. The summed E-state index contributed by atoms with van der Waals surface area (Å²) in [5.74, 6) is 0.834. The molecule has 0 atom stereocenters. The summed E-state index contributed by atoms with van der Waals surface area (Å²) in [7, 11) is 4.52. The SMILES string of the molecule is COc1cc(C(=O)c2cc(-c3ccc(F)cc3)cs2)cc(OC)c1OC. The quantitative estimate of drug-likeness (QED) is 0.583. The van der Waals surface area contributed by atoms with Gasteiger partial charge in [-0.15, -0.1) is 11.3 Å². The maximum absolute atomic E-state index is 13.1. The molecule has 1 heterocycles. The van der Waals surface area contributed by atoms with Gasteiger partial charge >= 0.3 is 0 Å². The molecule has 2 aromatic carbocycles. The minimum absolute atomic E-state index is 0.150. The van der Waals surface area contributed by atoms with Crippen molar-refractivity contribution in [2.45, 2.75) is 0 Å². The van der Waals surface area contributed by atoms with Crippen LogP contribution in [0, 0.1) is 5.82 Å². The monoisotopic (exact) mass is 372 g/mol. The number of ketones is 1. The molecule has 0 aliphatic rings. The molecular formula is C20H17FO4S. The van der Waals surface area contributed by atoms with E-state index >= 15 is 0 Å². The number of rotatable bonds is 6. The third kappa shape index (κ3) is 3.41. The summed E-state index contributed by atoms with van der Waals surface area (Å²) in [6.07, 6.45) is 0. The highest BCUT2D eigenvalue weighted by Gasteiger charge is 2.19. The van der Waals surface area contributed by atoms with Crippen LogP contribution in [0.2, 0.25) is 0 Å². The summed E-state index contributed by atoms with van der Waals surface area (Å²) in [6, 6.07) is 11.2. The molecule has 134 valence electrons. The van der Waals surface area contributed by atoms with Crippen LogP contribution in [-0.4, -0.2) is 27.1 Å². The molecule has 4 nitrogen and oxygen atoms in total. The van der Waals surface area contributed by atoms with Crippen molar-refractivity contribution in [3.05, 3.63) is 64.1 Å². The van der Waals surface area contributed by atoms with Crippen LogP contribution in [0.25, 0.3) is 11.1 Å². The van der Waals surface area contributed by atoms with Gasteiger partial charge in [-0.25, -0.2) is 4.39 Å². The second kappa shape index (κ2) is 7.58. The van der Waals surface area contributed by atoms with Crippen LogP contribution in [0.3, 0.4) is 0 Å². The Hall–Kier alpha value is -2.86. The predicted molar refractivity (Wildman–Crippen MR) is 99.2 cm³/mol. The summed E-state index contributed by atoms with van der Waals surface area (Å²) in [5, 5.41) is 1.87. The average molecular weight is 372 g/mol. The van der Waals surface area contributed by atoms with E-state index < -0.39 is 0 Å². The largest absolute Gasteiger partial charge is 0.493 e. The number of hydrogen-bond acceptors (Lipinski definition) is 5. The molecule has 0 aliphatic heterocycles. The van der Waals surface area contributed by atoms with E-state index in [0.29, 0.717) is 27.7 Å². The molecule has 3 rings (SSSR count). The molecule has 0 saturated heterocycles. The van der Waals surface area contributed by atoms with Gasteiger partial charge in [-0.2, -0.15) is 0 Å². The van der Waals surface area contributed by atoms with Crippen molar-refractivity contribution in [1.29, 1.82) is 0 Å². The zero-order chi connectivity index (χ0) is 18.7. The highest BCUT2D eigenvalue weighted by Crippen LogP contribution is 2.39. The van der Waals surface area contributed by atoms with Crippen molar-refractivity contribution in [3.63, 3.8) is 0 Å². The van der Waals surface area contributed by atoms with Crippen LogP contribution in [0.5, 0.6) is 17.2 Å². The molecule has 0 radical (unpaired) electrons. The third-order valence-corrected chi connectivity index (χ3v) is 4.86. The van der Waals surface area contributed by atoms with Crippen LogP contribution in [-0.2, 0) is 0 Å². The Morgan fingerprint density at radius 3 is 2.04 bits per heavy atom. The summed E-state index contributed by atoms with van der Waals surface area (Å²) in [6.45, 7) is 0. The molecule has 3 aromatic rings. The van der Waals surface area contributed by atoms with Gasteiger partial charge in [-0.05, 0) is 46.8 Å². The first-order chi connectivity index (χ1) is 12.6. The molecule has 0 aliphatic carbocycles. The molecule has 0 amide bonds. The van der Waals surface area contributed by atoms with Gasteiger partial charge in [0.25, 0.3) is 0 Å². The van der Waals surface area contributed by atoms with Crippen LogP contribution >= 0.6 is 11.3 Å². The Morgan fingerprint density at radius 2 is 1.50 bits per heavy atom. The molecule has 26 heavy (non-hydrogen) atoms. The normalized spacial score (nSPS) is 10.5. The molecule has 0 unspecified atom stereocenters. The lowest BCUT2D eigenvalue weighted by Gasteiger charge is -2.13. The van der Waals surface area contributed by atoms with E-state index in [2.05, 4.69) is 0 Å². The molecule has 0 N–H and O–H groups in total. The van der Waals surface area contributed by atoms with Gasteiger partial charge in [0.05, 0.1) is 26.2 Å². The number of ether oxygens (including phenoxy) is 3. The van der Waals surface area contributed by atoms with Gasteiger partial charge < -0.3 is 14.2 Å². The third-order valence-electron chi connectivity index (χ3n) is 3.93. The lowest BCUT2D eigenvalue weighted by atomic mass is 10.1. The Kier molecular flexibility index (Phi) is 5.23. The second-order valence-electron chi connectivity index (χ2n) is 5.45. The number of hydrogen-bond donors (Lipinski definition) is 0. The zero-order valence-corrected chi connectivity index (χ0v) is 15.4. The molecule has 6 heteroatoms. The smallest absolute Gasteiger partial charge is 0.203 e. The molecule has 0 bridgehead atoms. The van der Waals surface area contributed by atoms with Crippen LogP contribution in [0.15, 0.2) is 47.8 Å². The zero-order valence-electron chi connectivity index (χ0n) is 14.5. The van der Waals surface area contributed by atoms with Crippen molar-refractivity contribution in [2.75, 3.05) is 21.3 Å². The van der Waals surface area contributed by atoms with Gasteiger partial charge in [0.15, 0.2) is 11.5 Å². The van der Waals surface area contributed by atoms with Gasteiger partial charge in [-0.1, -0.05) is 12.1 Å². The lowest BCUT2D eigenvalue weighted by molar-refractivity contribution is 0.104. The number of thiophene rings is 1. The minimum atomic E-state index is -0.294. The van der Waals surface area contributed by atoms with Crippen LogP contribution in [0.1, 0.15) is 15.2 Å². The maximum atomic E-state index is 13.1. The van der Waals surface area contributed by atoms with E-state index in [0.717, 1.165) is 11.1 Å². The van der Waals surface area contributed by atoms with E-state index in [4.69, 9.17) is 14.2 Å². The first kappa shape index (κ1) is 17.9. The van der Waals surface area contributed by atoms with Crippen molar-refractivity contribution >= 4 is 17.1 Å². The highest BCUT2D eigenvalue weighted by molar-refractivity contribution is 7.12. The van der Waals surface area contributed by atoms with Gasteiger partial charge in [0, 0.05) is 5.56 Å². The average Bonchev–Trinajstić information content (AvgIpc) is 3.16. The van der Waals surface area contributed by atoms with Gasteiger partial charge in [-0.3, -0.25) is 4.79 Å². The lowest BCUT2D eigenvalue weighted by Crippen LogP contribution is -2.02. The van der Waals surface area contributed by atoms with E-state index in [9.17, 15) is 9.18 Å².